The van der Waals surface area contributed by atoms with Gasteiger partial charge in [-0.1, -0.05) is 109 Å². The third-order valence-corrected chi connectivity index (χ3v) is 15.2. The second-order valence-electron chi connectivity index (χ2n) is 20.4. The van der Waals surface area contributed by atoms with Gasteiger partial charge in [-0.25, -0.2) is 0 Å². The predicted octanol–water partition coefficient (Wildman–Crippen LogP) is 19.7. The zero-order chi connectivity index (χ0) is 54.4. The van der Waals surface area contributed by atoms with Crippen molar-refractivity contribution >= 4 is 92.1 Å². The number of rotatable bonds is 10. The summed E-state index contributed by atoms with van der Waals surface area (Å²) in [6.45, 7) is 8.54. The van der Waals surface area contributed by atoms with Gasteiger partial charge in [0.15, 0.2) is 0 Å². The van der Waals surface area contributed by atoms with E-state index in [1.165, 1.54) is 0 Å². The number of aryl methyl sites for hydroxylation is 4. The van der Waals surface area contributed by atoms with E-state index < -0.39 is 0 Å². The van der Waals surface area contributed by atoms with Crippen LogP contribution >= 0.6 is 0 Å². The summed E-state index contributed by atoms with van der Waals surface area (Å²) in [6.07, 6.45) is 3.34. The van der Waals surface area contributed by atoms with E-state index in [0.29, 0.717) is 22.5 Å². The molecule has 11 aromatic rings. The van der Waals surface area contributed by atoms with Gasteiger partial charge in [0.2, 0.25) is 0 Å². The molecule has 0 spiro atoms. The van der Waals surface area contributed by atoms with E-state index in [-0.39, 0.29) is 32.6 Å². The van der Waals surface area contributed by atoms with Gasteiger partial charge in [-0.2, -0.15) is 0 Å². The molecule has 11 aromatic carbocycles. The minimum atomic E-state index is 0. The average molecular weight is 1230 g/mol. The van der Waals surface area contributed by atoms with E-state index in [1.807, 2.05) is 72.8 Å². The molecule has 0 saturated carbocycles. The molecule has 0 aliphatic carbocycles. The van der Waals surface area contributed by atoms with Crippen LogP contribution in [0.2, 0.25) is 0 Å². The van der Waals surface area contributed by atoms with Crippen molar-refractivity contribution in [3.63, 3.8) is 0 Å². The number of phenolic OH excluding ortho intramolecular Hbond substituents is 2. The summed E-state index contributed by atoms with van der Waals surface area (Å²) in [5.74, 6) is 0.245. The largest absolute Gasteiger partial charge is 0.507 e. The molecule has 396 valence electrons. The van der Waals surface area contributed by atoms with Crippen molar-refractivity contribution in [2.45, 2.75) is 27.7 Å². The Labute approximate surface area is 487 Å². The molecule has 81 heavy (non-hydrogen) atoms. The van der Waals surface area contributed by atoms with Gasteiger partial charge < -0.3 is 29.8 Å². The Bertz CT molecular complexity index is 3840. The topological polar surface area (TPSA) is 78.1 Å². The number of anilines is 12. The molecule has 0 saturated heterocycles. The van der Waals surface area contributed by atoms with Crippen molar-refractivity contribution in [2.75, 3.05) is 19.6 Å². The van der Waals surface area contributed by atoms with E-state index >= 15 is 0 Å². The Morgan fingerprint density at radius 3 is 0.840 bits per heavy atom. The minimum Gasteiger partial charge on any atom is -0.507 e. The van der Waals surface area contributed by atoms with Crippen molar-refractivity contribution in [2.24, 2.45) is 9.98 Å². The van der Waals surface area contributed by atoms with Gasteiger partial charge in [0.25, 0.3) is 0 Å². The molecule has 2 aliphatic heterocycles. The van der Waals surface area contributed by atoms with Crippen LogP contribution in [0.4, 0.5) is 79.6 Å². The second kappa shape index (κ2) is 21.8. The van der Waals surface area contributed by atoms with Crippen LogP contribution in [-0.4, -0.2) is 22.6 Å². The van der Waals surface area contributed by atoms with Crippen molar-refractivity contribution in [1.82, 2.24) is 0 Å². The first-order chi connectivity index (χ1) is 39.2. The maximum Gasteiger partial charge on any atom is 0.124 e. The van der Waals surface area contributed by atoms with E-state index in [0.717, 1.165) is 113 Å². The fourth-order valence-corrected chi connectivity index (χ4v) is 11.8. The fraction of sp³-hybridized carbons (Fsp3) is 0.0556. The van der Waals surface area contributed by atoms with E-state index in [1.54, 1.807) is 12.4 Å². The van der Waals surface area contributed by atoms with Crippen LogP contribution in [0.5, 0.6) is 11.5 Å². The number of phenols is 2. The zero-order valence-electron chi connectivity index (χ0n) is 45.1. The molecular formula is C72H56N6O2Pt. The fourth-order valence-electron chi connectivity index (χ4n) is 11.8. The monoisotopic (exact) mass is 1230 g/mol. The van der Waals surface area contributed by atoms with Crippen molar-refractivity contribution < 1.29 is 31.3 Å². The molecule has 0 aromatic heterocycles. The normalized spacial score (nSPS) is 12.5. The number of hydrogen-bond donors (Lipinski definition) is 2. The van der Waals surface area contributed by atoms with Crippen molar-refractivity contribution in [3.05, 3.63) is 276 Å². The summed E-state index contributed by atoms with van der Waals surface area (Å²) < 4.78 is 0. The molecule has 2 heterocycles. The Morgan fingerprint density at radius 2 is 0.556 bits per heavy atom. The van der Waals surface area contributed by atoms with Gasteiger partial charge in [0.05, 0.1) is 56.9 Å². The first-order valence-corrected chi connectivity index (χ1v) is 26.9. The van der Waals surface area contributed by atoms with Gasteiger partial charge in [0.1, 0.15) is 11.5 Å². The van der Waals surface area contributed by atoms with E-state index in [2.05, 4.69) is 217 Å². The van der Waals surface area contributed by atoms with Crippen LogP contribution in [-0.2, 0) is 21.1 Å². The van der Waals surface area contributed by atoms with Crippen LogP contribution < -0.4 is 19.6 Å². The van der Waals surface area contributed by atoms with Gasteiger partial charge in [-0.3, -0.25) is 9.98 Å². The van der Waals surface area contributed by atoms with Gasteiger partial charge in [-0.05, 0) is 206 Å². The van der Waals surface area contributed by atoms with Gasteiger partial charge in [0, 0.05) is 67.4 Å². The molecule has 0 bridgehead atoms. The summed E-state index contributed by atoms with van der Waals surface area (Å²) in [6, 6.07) is 83.3. The van der Waals surface area contributed by atoms with E-state index in [9.17, 15) is 10.2 Å². The number of benzene rings is 11. The van der Waals surface area contributed by atoms with Crippen molar-refractivity contribution in [3.8, 4) is 33.8 Å². The zero-order valence-corrected chi connectivity index (χ0v) is 47.4. The Balaban J connectivity index is 0.00000651. The van der Waals surface area contributed by atoms with Crippen LogP contribution in [0.1, 0.15) is 33.4 Å². The number of para-hydroxylation sites is 12. The van der Waals surface area contributed by atoms with Crippen molar-refractivity contribution in [1.29, 1.82) is 0 Å². The van der Waals surface area contributed by atoms with Crippen LogP contribution in [0.25, 0.3) is 22.3 Å². The van der Waals surface area contributed by atoms with Crippen LogP contribution in [0.3, 0.4) is 0 Å². The smallest absolute Gasteiger partial charge is 0.124 e. The summed E-state index contributed by atoms with van der Waals surface area (Å²) in [7, 11) is 0. The van der Waals surface area contributed by atoms with Gasteiger partial charge in [-0.15, -0.1) is 0 Å². The minimum absolute atomic E-state index is 0. The number of nitrogens with zero attached hydrogens (tertiary/aromatic N) is 6. The Morgan fingerprint density at radius 1 is 0.296 bits per heavy atom. The first-order valence-electron chi connectivity index (χ1n) is 26.9. The predicted molar refractivity (Wildman–Crippen MR) is 333 cm³/mol. The molecular weight excluding hydrogens is 1180 g/mol. The quantitative estimate of drug-likeness (QED) is 0.133. The molecule has 0 unspecified atom stereocenters. The van der Waals surface area contributed by atoms with Crippen LogP contribution in [0, 0.1) is 27.7 Å². The third kappa shape index (κ3) is 9.53. The molecule has 0 atom stereocenters. The summed E-state index contributed by atoms with van der Waals surface area (Å²) in [5, 5.41) is 23.0. The Hall–Kier alpha value is -9.75. The number of fused-ring (bicyclic) bond motifs is 4. The molecule has 8 nitrogen and oxygen atoms in total. The van der Waals surface area contributed by atoms with E-state index in [4.69, 9.17) is 9.98 Å². The summed E-state index contributed by atoms with van der Waals surface area (Å²) in [5.41, 5.74) is 23.9. The third-order valence-electron chi connectivity index (χ3n) is 15.2. The second-order valence-corrected chi connectivity index (χ2v) is 20.4. The first kappa shape index (κ1) is 52.0. The molecule has 0 radical (unpaired) electrons. The number of aromatic hydroxyl groups is 2. The maximum atomic E-state index is 11.5. The number of hydrogen-bond acceptors (Lipinski definition) is 8. The SMILES string of the molecule is Cc1cc(N2c3ccccc3N(c3ccccc3)c3ccccc32)cc(C)c1-c1ccc(C=Nc2ccccc2N=Cc2ccc(-c3c(C)cc(N4c5ccccc5N(c5ccccc5)c5ccccc54)cc3C)cc2O)c(O)c1.[Pt]. The summed E-state index contributed by atoms with van der Waals surface area (Å²) >= 11 is 0. The van der Waals surface area contributed by atoms with Crippen LogP contribution in [0.15, 0.2) is 253 Å². The molecule has 9 heteroatoms. The Kier molecular flexibility index (Phi) is 14.0. The standard InChI is InChI=1S/C72H56N6O2.Pt/c1-47-39-57(77-65-31-17-13-27-61(65)75(55-21-7-5-8-22-55)62-28-14-18-32-66(62)77)40-48(2)71(47)51-35-37-53(69(79)43-51)45-73-59-25-11-12-26-60(59)74-46-54-38-36-52(44-70(54)80)72-49(3)41-58(42-50(72)4)78-67-33-19-15-29-63(67)76(56-23-9-6-10-24-56)64-30-16-20-34-68(64)78;/h5-46,79-80H,1-4H3;. The summed E-state index contributed by atoms with van der Waals surface area (Å²) in [4.78, 5) is 19.0. The molecule has 2 N–H and O–H groups in total. The molecule has 0 fully saturated rings. The molecule has 0 amide bonds. The molecule has 2 aliphatic rings. The maximum absolute atomic E-state index is 11.5. The van der Waals surface area contributed by atoms with Gasteiger partial charge >= 0.3 is 0 Å². The number of aliphatic imine (C=N–C) groups is 2. The average Bonchev–Trinajstić information content (AvgIpc) is 3.62. The molecule has 13 rings (SSSR count).